The molecular formula is C21H25ClN4O. The first-order valence-corrected chi connectivity index (χ1v) is 10.2. The fraction of sp³-hybridized carbons (Fsp3) is 0.571. The van der Waals surface area contributed by atoms with E-state index < -0.39 is 0 Å². The van der Waals surface area contributed by atoms with Crippen LogP contribution in [-0.2, 0) is 10.3 Å². The van der Waals surface area contributed by atoms with E-state index in [1.807, 2.05) is 10.7 Å². The Kier molecular flexibility index (Phi) is 3.71. The van der Waals surface area contributed by atoms with Crippen LogP contribution in [0.1, 0.15) is 49.7 Å². The van der Waals surface area contributed by atoms with Gasteiger partial charge in [-0.05, 0) is 86.9 Å². The Labute approximate surface area is 164 Å². The van der Waals surface area contributed by atoms with E-state index in [0.29, 0.717) is 17.1 Å². The lowest BCUT2D eigenvalue weighted by atomic mass is 9.46. The molecule has 6 rings (SSSR count). The second-order valence-corrected chi connectivity index (χ2v) is 9.48. The quantitative estimate of drug-likeness (QED) is 0.848. The molecule has 4 saturated carbocycles. The Morgan fingerprint density at radius 1 is 1.19 bits per heavy atom. The Bertz CT molecular complexity index is 886. The van der Waals surface area contributed by atoms with Crippen molar-refractivity contribution in [3.05, 3.63) is 40.9 Å². The third-order valence-corrected chi connectivity index (χ3v) is 7.35. The van der Waals surface area contributed by atoms with Gasteiger partial charge in [-0.15, -0.1) is 5.10 Å². The van der Waals surface area contributed by atoms with Crippen LogP contribution >= 0.6 is 11.6 Å². The zero-order valence-electron chi connectivity index (χ0n) is 15.8. The molecule has 0 spiro atoms. The van der Waals surface area contributed by atoms with E-state index in [0.717, 1.165) is 48.9 Å². The number of rotatable bonds is 3. The molecule has 1 aromatic carbocycles. The van der Waals surface area contributed by atoms with Gasteiger partial charge in [0.1, 0.15) is 6.33 Å². The van der Waals surface area contributed by atoms with Crippen LogP contribution < -0.4 is 5.32 Å². The van der Waals surface area contributed by atoms with E-state index in [9.17, 15) is 4.79 Å². The molecule has 0 saturated heterocycles. The normalized spacial score (nSPS) is 34.0. The first-order chi connectivity index (χ1) is 12.9. The van der Waals surface area contributed by atoms with Gasteiger partial charge < -0.3 is 5.32 Å². The number of para-hydroxylation sites is 1. The minimum absolute atomic E-state index is 0.109. The first-order valence-electron chi connectivity index (χ1n) is 9.85. The number of hydrogen-bond acceptors (Lipinski definition) is 3. The van der Waals surface area contributed by atoms with Crippen LogP contribution in [0.4, 0.5) is 5.69 Å². The number of nitrogens with zero attached hydrogens (tertiary/aromatic N) is 3. The lowest BCUT2D eigenvalue weighted by Crippen LogP contribution is -2.60. The largest absolute Gasteiger partial charge is 0.325 e. The molecule has 4 aliphatic carbocycles. The third-order valence-electron chi connectivity index (χ3n) is 7.18. The van der Waals surface area contributed by atoms with Crippen LogP contribution in [0.2, 0.25) is 5.28 Å². The predicted octanol–water partition coefficient (Wildman–Crippen LogP) is 4.48. The highest BCUT2D eigenvalue weighted by Crippen LogP contribution is 2.64. The van der Waals surface area contributed by atoms with Crippen molar-refractivity contribution < 1.29 is 4.79 Å². The number of amides is 1. The Morgan fingerprint density at radius 2 is 1.85 bits per heavy atom. The van der Waals surface area contributed by atoms with Gasteiger partial charge in [-0.25, -0.2) is 9.67 Å². The maximum atomic E-state index is 13.6. The van der Waals surface area contributed by atoms with Crippen molar-refractivity contribution in [2.24, 2.45) is 17.3 Å². The van der Waals surface area contributed by atoms with Crippen LogP contribution in [-0.4, -0.2) is 20.7 Å². The molecule has 1 aromatic heterocycles. The molecule has 2 aromatic rings. The molecule has 0 unspecified atom stereocenters. The number of aromatic nitrogens is 3. The summed E-state index contributed by atoms with van der Waals surface area (Å²) in [5, 5.41) is 8.03. The summed E-state index contributed by atoms with van der Waals surface area (Å²) in [7, 11) is 0. The second kappa shape index (κ2) is 5.81. The summed E-state index contributed by atoms with van der Waals surface area (Å²) < 4.78 is 1.97. The summed E-state index contributed by atoms with van der Waals surface area (Å²) in [6, 6.07) is 6.15. The predicted molar refractivity (Wildman–Crippen MR) is 105 cm³/mol. The maximum Gasteiger partial charge on any atom is 0.242 e. The monoisotopic (exact) mass is 384 g/mol. The fourth-order valence-corrected chi connectivity index (χ4v) is 6.60. The molecule has 4 fully saturated rings. The van der Waals surface area contributed by atoms with E-state index in [1.54, 1.807) is 6.33 Å². The van der Waals surface area contributed by atoms with Crippen molar-refractivity contribution in [1.82, 2.24) is 14.8 Å². The number of halogens is 1. The molecular weight excluding hydrogens is 360 g/mol. The summed E-state index contributed by atoms with van der Waals surface area (Å²) >= 11 is 6.02. The standard InChI is InChI=1S/C21H25ClN4O/c1-13-4-3-5-14(2)17(13)24-18(27)20-7-15-6-16(8-20)10-21(9-15,11-20)26-12-23-19(22)25-26/h3-5,12,15-16H,6-11H2,1-2H3,(H,24,27)/t15-,16-,20?,21?/m1/s1. The number of hydrogen-bond donors (Lipinski definition) is 1. The van der Waals surface area contributed by atoms with Gasteiger partial charge in [-0.2, -0.15) is 0 Å². The summed E-state index contributed by atoms with van der Waals surface area (Å²) in [6.45, 7) is 4.11. The zero-order valence-corrected chi connectivity index (χ0v) is 16.6. The highest BCUT2D eigenvalue weighted by Gasteiger charge is 2.61. The fourth-order valence-electron chi connectivity index (χ4n) is 6.48. The number of nitrogens with one attached hydrogen (secondary N) is 1. The maximum absolute atomic E-state index is 13.6. The molecule has 4 aliphatic rings. The molecule has 27 heavy (non-hydrogen) atoms. The van der Waals surface area contributed by atoms with Crippen molar-refractivity contribution >= 4 is 23.2 Å². The van der Waals surface area contributed by atoms with Crippen molar-refractivity contribution in [3.63, 3.8) is 0 Å². The van der Waals surface area contributed by atoms with Crippen LogP contribution in [0.25, 0.3) is 0 Å². The van der Waals surface area contributed by atoms with Crippen molar-refractivity contribution in [2.75, 3.05) is 5.32 Å². The van der Waals surface area contributed by atoms with Gasteiger partial charge in [0.25, 0.3) is 0 Å². The summed E-state index contributed by atoms with van der Waals surface area (Å²) in [4.78, 5) is 17.7. The Hall–Kier alpha value is -1.88. The lowest BCUT2D eigenvalue weighted by molar-refractivity contribution is -0.150. The number of carbonyl (C=O) groups is 1. The van der Waals surface area contributed by atoms with Crippen molar-refractivity contribution in [2.45, 2.75) is 57.9 Å². The van der Waals surface area contributed by atoms with E-state index in [1.165, 1.54) is 6.42 Å². The molecule has 0 radical (unpaired) electrons. The molecule has 0 aliphatic heterocycles. The van der Waals surface area contributed by atoms with E-state index in [2.05, 4.69) is 41.4 Å². The number of aryl methyl sites for hydroxylation is 2. The summed E-state index contributed by atoms with van der Waals surface area (Å²) in [6.07, 6.45) is 7.98. The highest BCUT2D eigenvalue weighted by atomic mass is 35.5. The highest BCUT2D eigenvalue weighted by molar-refractivity contribution is 6.28. The van der Waals surface area contributed by atoms with Crippen LogP contribution in [0.5, 0.6) is 0 Å². The average Bonchev–Trinajstić information content (AvgIpc) is 3.04. The molecule has 142 valence electrons. The molecule has 1 heterocycles. The van der Waals surface area contributed by atoms with Gasteiger partial charge in [-0.3, -0.25) is 4.79 Å². The molecule has 4 bridgehead atoms. The van der Waals surface area contributed by atoms with E-state index >= 15 is 0 Å². The Balaban J connectivity index is 1.50. The minimum atomic E-state index is -0.308. The summed E-state index contributed by atoms with van der Waals surface area (Å²) in [5.41, 5.74) is 2.78. The van der Waals surface area contributed by atoms with Crippen LogP contribution in [0.3, 0.4) is 0 Å². The topological polar surface area (TPSA) is 59.8 Å². The van der Waals surface area contributed by atoms with Gasteiger partial charge in [0.15, 0.2) is 0 Å². The van der Waals surface area contributed by atoms with Crippen molar-refractivity contribution in [1.29, 1.82) is 0 Å². The van der Waals surface area contributed by atoms with Crippen molar-refractivity contribution in [3.8, 4) is 0 Å². The van der Waals surface area contributed by atoms with Gasteiger partial charge in [-0.1, -0.05) is 18.2 Å². The SMILES string of the molecule is Cc1cccc(C)c1NC(=O)C12C[C@H]3C[C@H](C1)CC(n1cnc(Cl)n1)(C3)C2. The molecule has 1 amide bonds. The zero-order chi connectivity index (χ0) is 18.8. The van der Waals surface area contributed by atoms with E-state index in [4.69, 9.17) is 11.6 Å². The second-order valence-electron chi connectivity index (χ2n) is 9.14. The van der Waals surface area contributed by atoms with Gasteiger partial charge >= 0.3 is 0 Å². The van der Waals surface area contributed by atoms with Gasteiger partial charge in [0, 0.05) is 5.69 Å². The minimum Gasteiger partial charge on any atom is -0.325 e. The number of anilines is 1. The van der Waals surface area contributed by atoms with E-state index in [-0.39, 0.29) is 16.9 Å². The molecule has 5 nitrogen and oxygen atoms in total. The van der Waals surface area contributed by atoms with Gasteiger partial charge in [0.05, 0.1) is 11.0 Å². The average molecular weight is 385 g/mol. The Morgan fingerprint density at radius 3 is 2.44 bits per heavy atom. The summed E-state index contributed by atoms with van der Waals surface area (Å²) in [5.74, 6) is 1.35. The van der Waals surface area contributed by atoms with Gasteiger partial charge in [0.2, 0.25) is 11.2 Å². The number of carbonyl (C=O) groups excluding carboxylic acids is 1. The number of benzene rings is 1. The van der Waals surface area contributed by atoms with Crippen LogP contribution in [0, 0.1) is 31.1 Å². The lowest BCUT2D eigenvalue weighted by Gasteiger charge is -2.60. The first kappa shape index (κ1) is 17.2. The molecule has 2 atom stereocenters. The smallest absolute Gasteiger partial charge is 0.242 e. The van der Waals surface area contributed by atoms with Crippen LogP contribution in [0.15, 0.2) is 24.5 Å². The molecule has 6 heteroatoms. The third kappa shape index (κ3) is 2.62. The molecule has 1 N–H and O–H groups in total.